The Balaban J connectivity index is 1.77. The van der Waals surface area contributed by atoms with Crippen molar-refractivity contribution in [3.63, 3.8) is 0 Å². The Hall–Kier alpha value is -3.76. The van der Waals surface area contributed by atoms with Gasteiger partial charge in [0.25, 0.3) is 5.91 Å². The second kappa shape index (κ2) is 8.29. The fourth-order valence-electron chi connectivity index (χ4n) is 2.98. The second-order valence-corrected chi connectivity index (χ2v) is 6.20. The number of amides is 1. The lowest BCUT2D eigenvalue weighted by Crippen LogP contribution is -2.37. The molecule has 2 heterocycles. The lowest BCUT2D eigenvalue weighted by atomic mass is 9.97. The number of nitrogens with one attached hydrogen (secondary N) is 2. The Morgan fingerprint density at radius 2 is 1.86 bits per heavy atom. The first-order valence-electron chi connectivity index (χ1n) is 8.56. The fourth-order valence-corrected chi connectivity index (χ4v) is 2.98. The van der Waals surface area contributed by atoms with Gasteiger partial charge in [-0.2, -0.15) is 0 Å². The van der Waals surface area contributed by atoms with Crippen LogP contribution >= 0.6 is 0 Å². The number of carboxylic acids is 1. The number of aromatic nitrogens is 2. The number of carbonyl (C=O) groups excluding carboxylic acids is 1. The molecule has 1 aliphatic rings. The number of nitrogens with zero attached hydrogens (tertiary/aromatic N) is 4. The highest BCUT2D eigenvalue weighted by molar-refractivity contribution is 5.95. The van der Waals surface area contributed by atoms with Gasteiger partial charge in [-0.25, -0.2) is 9.97 Å². The number of benzene rings is 1. The molecule has 3 N–H and O–H groups in total. The molecule has 1 aromatic carbocycles. The van der Waals surface area contributed by atoms with Gasteiger partial charge in [-0.1, -0.05) is 18.2 Å². The molecule has 1 amide bonds. The Bertz CT molecular complexity index is 883. The van der Waals surface area contributed by atoms with E-state index in [2.05, 4.69) is 20.8 Å². The van der Waals surface area contributed by atoms with E-state index in [4.69, 9.17) is 5.11 Å². The predicted molar refractivity (Wildman–Crippen MR) is 98.8 cm³/mol. The maximum atomic E-state index is 12.1. The molecule has 0 saturated carbocycles. The third-order valence-corrected chi connectivity index (χ3v) is 4.46. The first-order chi connectivity index (χ1) is 13.5. The molecule has 0 atom stereocenters. The van der Waals surface area contributed by atoms with Gasteiger partial charge in [-0.3, -0.25) is 30.6 Å². The molecule has 11 heteroatoms. The first kappa shape index (κ1) is 19.0. The Morgan fingerprint density at radius 1 is 1.18 bits per heavy atom. The zero-order valence-electron chi connectivity index (χ0n) is 14.7. The van der Waals surface area contributed by atoms with Crippen LogP contribution in [0.3, 0.4) is 0 Å². The zero-order chi connectivity index (χ0) is 20.1. The van der Waals surface area contributed by atoms with Crippen LogP contribution < -0.4 is 15.8 Å². The molecule has 3 rings (SSSR count). The molecule has 146 valence electrons. The number of piperidine rings is 1. The Kier molecular flexibility index (Phi) is 5.63. The van der Waals surface area contributed by atoms with Gasteiger partial charge in [-0.05, 0) is 25.0 Å². The van der Waals surface area contributed by atoms with E-state index in [0.717, 1.165) is 6.33 Å². The van der Waals surface area contributed by atoms with Gasteiger partial charge in [0.2, 0.25) is 11.6 Å². The molecular weight excluding hydrogens is 368 g/mol. The molecule has 0 unspecified atom stereocenters. The molecule has 0 radical (unpaired) electrons. The monoisotopic (exact) mass is 386 g/mol. The molecule has 1 aromatic heterocycles. The van der Waals surface area contributed by atoms with Crippen LogP contribution in [0.4, 0.5) is 17.3 Å². The molecule has 11 nitrogen and oxygen atoms in total. The number of rotatable bonds is 6. The van der Waals surface area contributed by atoms with Crippen LogP contribution in [-0.4, -0.2) is 45.0 Å². The smallest absolute Gasteiger partial charge is 0.355 e. The largest absolute Gasteiger partial charge is 0.481 e. The Morgan fingerprint density at radius 3 is 2.46 bits per heavy atom. The standard InChI is InChI=1S/C17H18N6O5/c24-16(11-4-2-1-3-5-11)21-20-14-13(23(27)28)15(19-10-18-14)22-8-6-12(7-9-22)17(25)26/h1-5,10,12H,6-9H2,(H,21,24)(H,25,26)(H,18,19,20). The molecule has 1 saturated heterocycles. The summed E-state index contributed by atoms with van der Waals surface area (Å²) in [6.45, 7) is 0.648. The highest BCUT2D eigenvalue weighted by atomic mass is 16.6. The molecular formula is C17H18N6O5. The minimum atomic E-state index is -0.872. The van der Waals surface area contributed by atoms with Crippen LogP contribution in [0.5, 0.6) is 0 Å². The summed E-state index contributed by atoms with van der Waals surface area (Å²) in [7, 11) is 0. The van der Waals surface area contributed by atoms with Crippen molar-refractivity contribution in [3.05, 3.63) is 52.3 Å². The normalized spacial score (nSPS) is 14.4. The quantitative estimate of drug-likeness (QED) is 0.495. The topological polar surface area (TPSA) is 151 Å². The van der Waals surface area contributed by atoms with E-state index in [1.807, 2.05) is 0 Å². The summed E-state index contributed by atoms with van der Waals surface area (Å²) in [4.78, 5) is 43.8. The van der Waals surface area contributed by atoms with E-state index in [0.29, 0.717) is 31.5 Å². The summed E-state index contributed by atoms with van der Waals surface area (Å²) in [6, 6.07) is 8.36. The van der Waals surface area contributed by atoms with Crippen molar-refractivity contribution in [1.29, 1.82) is 0 Å². The molecule has 2 aromatic rings. The van der Waals surface area contributed by atoms with Crippen molar-refractivity contribution < 1.29 is 19.6 Å². The summed E-state index contributed by atoms with van der Waals surface area (Å²) < 4.78 is 0. The minimum absolute atomic E-state index is 0.0836. The molecule has 0 spiro atoms. The van der Waals surface area contributed by atoms with Crippen LogP contribution in [0.15, 0.2) is 36.7 Å². The van der Waals surface area contributed by atoms with Gasteiger partial charge in [0, 0.05) is 18.7 Å². The second-order valence-electron chi connectivity index (χ2n) is 6.20. The van der Waals surface area contributed by atoms with E-state index in [1.165, 1.54) is 0 Å². The van der Waals surface area contributed by atoms with Gasteiger partial charge in [0.15, 0.2) is 0 Å². The van der Waals surface area contributed by atoms with Crippen molar-refractivity contribution in [3.8, 4) is 0 Å². The van der Waals surface area contributed by atoms with Gasteiger partial charge >= 0.3 is 11.7 Å². The van der Waals surface area contributed by atoms with E-state index in [-0.39, 0.29) is 17.3 Å². The summed E-state index contributed by atoms with van der Waals surface area (Å²) >= 11 is 0. The molecule has 0 aliphatic carbocycles. The number of hydrogen-bond donors (Lipinski definition) is 3. The van der Waals surface area contributed by atoms with Crippen LogP contribution in [0.1, 0.15) is 23.2 Å². The Labute approximate surface area is 159 Å². The number of carbonyl (C=O) groups is 2. The third kappa shape index (κ3) is 4.14. The average Bonchev–Trinajstić information content (AvgIpc) is 2.72. The van der Waals surface area contributed by atoms with Gasteiger partial charge < -0.3 is 10.0 Å². The maximum Gasteiger partial charge on any atom is 0.355 e. The maximum absolute atomic E-state index is 12.1. The molecule has 1 aliphatic heterocycles. The number of anilines is 2. The van der Waals surface area contributed by atoms with Crippen LogP contribution in [0, 0.1) is 16.0 Å². The minimum Gasteiger partial charge on any atom is -0.481 e. The van der Waals surface area contributed by atoms with Crippen LogP contribution in [0.2, 0.25) is 0 Å². The van der Waals surface area contributed by atoms with Crippen LogP contribution in [0.25, 0.3) is 0 Å². The van der Waals surface area contributed by atoms with Gasteiger partial charge in [-0.15, -0.1) is 0 Å². The van der Waals surface area contributed by atoms with Gasteiger partial charge in [0.05, 0.1) is 10.8 Å². The zero-order valence-corrected chi connectivity index (χ0v) is 14.7. The number of hydrazine groups is 1. The summed E-state index contributed by atoms with van der Waals surface area (Å²) in [5.74, 6) is -1.89. The van der Waals surface area contributed by atoms with Gasteiger partial charge in [0.1, 0.15) is 6.33 Å². The predicted octanol–water partition coefficient (Wildman–Crippen LogP) is 1.44. The van der Waals surface area contributed by atoms with E-state index < -0.39 is 22.7 Å². The highest BCUT2D eigenvalue weighted by Crippen LogP contribution is 2.33. The lowest BCUT2D eigenvalue weighted by Gasteiger charge is -2.30. The first-order valence-corrected chi connectivity index (χ1v) is 8.56. The highest BCUT2D eigenvalue weighted by Gasteiger charge is 2.31. The lowest BCUT2D eigenvalue weighted by molar-refractivity contribution is -0.383. The number of carboxylic acid groups (broad SMARTS) is 1. The van der Waals surface area contributed by atoms with Crippen LogP contribution in [-0.2, 0) is 4.79 Å². The van der Waals surface area contributed by atoms with Crippen molar-refractivity contribution in [2.45, 2.75) is 12.8 Å². The number of nitro groups is 1. The van der Waals surface area contributed by atoms with Crippen molar-refractivity contribution >= 4 is 29.2 Å². The third-order valence-electron chi connectivity index (χ3n) is 4.46. The summed E-state index contributed by atoms with van der Waals surface area (Å²) in [5, 5.41) is 20.7. The molecule has 0 bridgehead atoms. The van der Waals surface area contributed by atoms with Crippen molar-refractivity contribution in [2.24, 2.45) is 5.92 Å². The van der Waals surface area contributed by atoms with Crippen molar-refractivity contribution in [1.82, 2.24) is 15.4 Å². The van der Waals surface area contributed by atoms with E-state index >= 15 is 0 Å². The van der Waals surface area contributed by atoms with E-state index in [1.54, 1.807) is 35.2 Å². The molecule has 28 heavy (non-hydrogen) atoms. The summed E-state index contributed by atoms with van der Waals surface area (Å²) in [6.07, 6.45) is 1.89. The van der Waals surface area contributed by atoms with Crippen molar-refractivity contribution in [2.75, 3.05) is 23.4 Å². The number of hydrogen-bond acceptors (Lipinski definition) is 8. The average molecular weight is 386 g/mol. The fraction of sp³-hybridized carbons (Fsp3) is 0.294. The SMILES string of the molecule is O=C(NNc1ncnc(N2CCC(C(=O)O)CC2)c1[N+](=O)[O-])c1ccccc1. The summed E-state index contributed by atoms with van der Waals surface area (Å²) in [5.41, 5.74) is 4.86. The number of aliphatic carboxylic acids is 1. The van der Waals surface area contributed by atoms with E-state index in [9.17, 15) is 19.7 Å². The molecule has 1 fully saturated rings.